The summed E-state index contributed by atoms with van der Waals surface area (Å²) in [4.78, 5) is 9.00. The maximum absolute atomic E-state index is 5.25. The SMILES string of the molecule is COc1cccc(Nc2cc(-c3ccc(C)cc3)nc(C)n2)c1. The first kappa shape index (κ1) is 15.0. The molecule has 23 heavy (non-hydrogen) atoms. The van der Waals surface area contributed by atoms with Gasteiger partial charge in [0.2, 0.25) is 0 Å². The summed E-state index contributed by atoms with van der Waals surface area (Å²) in [5, 5.41) is 3.31. The Labute approximate surface area is 136 Å². The van der Waals surface area contributed by atoms with Gasteiger partial charge >= 0.3 is 0 Å². The molecule has 0 atom stereocenters. The van der Waals surface area contributed by atoms with Crippen LogP contribution in [0.5, 0.6) is 5.75 Å². The summed E-state index contributed by atoms with van der Waals surface area (Å²) >= 11 is 0. The molecular formula is C19H19N3O. The summed E-state index contributed by atoms with van der Waals surface area (Å²) in [6.45, 7) is 3.97. The number of hydrogen-bond donors (Lipinski definition) is 1. The van der Waals surface area contributed by atoms with E-state index in [2.05, 4.69) is 46.5 Å². The molecule has 0 aliphatic rings. The summed E-state index contributed by atoms with van der Waals surface area (Å²) in [5.74, 6) is 2.30. The third-order valence-electron chi connectivity index (χ3n) is 3.53. The van der Waals surface area contributed by atoms with Gasteiger partial charge in [0.25, 0.3) is 0 Å². The third kappa shape index (κ3) is 3.66. The number of aryl methyl sites for hydroxylation is 2. The Balaban J connectivity index is 1.92. The van der Waals surface area contributed by atoms with Gasteiger partial charge in [-0.1, -0.05) is 35.9 Å². The first-order chi connectivity index (χ1) is 11.1. The van der Waals surface area contributed by atoms with Crippen molar-refractivity contribution in [3.63, 3.8) is 0 Å². The highest BCUT2D eigenvalue weighted by molar-refractivity contribution is 5.66. The topological polar surface area (TPSA) is 47.0 Å². The number of nitrogens with one attached hydrogen (secondary N) is 1. The third-order valence-corrected chi connectivity index (χ3v) is 3.53. The van der Waals surface area contributed by atoms with Crippen LogP contribution in [0.1, 0.15) is 11.4 Å². The zero-order valence-electron chi connectivity index (χ0n) is 13.5. The van der Waals surface area contributed by atoms with E-state index in [1.807, 2.05) is 37.3 Å². The summed E-state index contributed by atoms with van der Waals surface area (Å²) in [6, 6.07) is 18.0. The zero-order chi connectivity index (χ0) is 16.2. The molecule has 0 saturated carbocycles. The van der Waals surface area contributed by atoms with Gasteiger partial charge in [0, 0.05) is 23.4 Å². The predicted molar refractivity (Wildman–Crippen MR) is 93.2 cm³/mol. The highest BCUT2D eigenvalue weighted by Crippen LogP contribution is 2.24. The van der Waals surface area contributed by atoms with Gasteiger partial charge in [-0.25, -0.2) is 9.97 Å². The maximum atomic E-state index is 5.25. The summed E-state index contributed by atoms with van der Waals surface area (Å²) in [7, 11) is 1.66. The number of anilines is 2. The minimum atomic E-state index is 0.730. The first-order valence-corrected chi connectivity index (χ1v) is 7.48. The molecule has 0 bridgehead atoms. The molecule has 0 spiro atoms. The molecule has 116 valence electrons. The van der Waals surface area contributed by atoms with Gasteiger partial charge in [0.15, 0.2) is 0 Å². The van der Waals surface area contributed by atoms with Crippen molar-refractivity contribution in [3.05, 3.63) is 66.0 Å². The van der Waals surface area contributed by atoms with Gasteiger partial charge in [0.05, 0.1) is 12.8 Å². The summed E-state index contributed by atoms with van der Waals surface area (Å²) in [6.07, 6.45) is 0. The van der Waals surface area contributed by atoms with E-state index in [0.717, 1.165) is 34.3 Å². The second kappa shape index (κ2) is 6.48. The zero-order valence-corrected chi connectivity index (χ0v) is 13.5. The number of ether oxygens (including phenoxy) is 1. The predicted octanol–water partition coefficient (Wildman–Crippen LogP) is 4.51. The second-order valence-corrected chi connectivity index (χ2v) is 5.41. The normalized spacial score (nSPS) is 10.4. The molecule has 4 nitrogen and oxygen atoms in total. The van der Waals surface area contributed by atoms with Crippen molar-refractivity contribution in [3.8, 4) is 17.0 Å². The number of methoxy groups -OCH3 is 1. The molecule has 0 aliphatic heterocycles. The Morgan fingerprint density at radius 3 is 2.43 bits per heavy atom. The van der Waals surface area contributed by atoms with E-state index in [0.29, 0.717) is 0 Å². The van der Waals surface area contributed by atoms with E-state index in [-0.39, 0.29) is 0 Å². The van der Waals surface area contributed by atoms with Crippen LogP contribution in [0.15, 0.2) is 54.6 Å². The summed E-state index contributed by atoms with van der Waals surface area (Å²) in [5.41, 5.74) is 4.14. The fourth-order valence-electron chi connectivity index (χ4n) is 2.35. The summed E-state index contributed by atoms with van der Waals surface area (Å²) < 4.78 is 5.25. The van der Waals surface area contributed by atoms with Crippen molar-refractivity contribution in [2.75, 3.05) is 12.4 Å². The van der Waals surface area contributed by atoms with Crippen LogP contribution in [-0.2, 0) is 0 Å². The Hall–Kier alpha value is -2.88. The van der Waals surface area contributed by atoms with Crippen LogP contribution in [-0.4, -0.2) is 17.1 Å². The minimum Gasteiger partial charge on any atom is -0.497 e. The molecular weight excluding hydrogens is 286 g/mol. The Morgan fingerprint density at radius 2 is 1.70 bits per heavy atom. The van der Waals surface area contributed by atoms with Crippen LogP contribution < -0.4 is 10.1 Å². The first-order valence-electron chi connectivity index (χ1n) is 7.48. The lowest BCUT2D eigenvalue weighted by molar-refractivity contribution is 0.415. The Bertz CT molecular complexity index is 813. The molecule has 3 rings (SSSR count). The van der Waals surface area contributed by atoms with E-state index in [4.69, 9.17) is 4.74 Å². The van der Waals surface area contributed by atoms with E-state index in [9.17, 15) is 0 Å². The van der Waals surface area contributed by atoms with Crippen LogP contribution in [0.25, 0.3) is 11.3 Å². The van der Waals surface area contributed by atoms with Crippen molar-refractivity contribution < 1.29 is 4.74 Å². The maximum Gasteiger partial charge on any atom is 0.134 e. The number of hydrogen-bond acceptors (Lipinski definition) is 4. The highest BCUT2D eigenvalue weighted by atomic mass is 16.5. The molecule has 0 saturated heterocycles. The molecule has 0 fully saturated rings. The lowest BCUT2D eigenvalue weighted by Gasteiger charge is -2.10. The second-order valence-electron chi connectivity index (χ2n) is 5.41. The van der Waals surface area contributed by atoms with Gasteiger partial charge in [-0.3, -0.25) is 0 Å². The molecule has 0 unspecified atom stereocenters. The largest absolute Gasteiger partial charge is 0.497 e. The van der Waals surface area contributed by atoms with Crippen molar-refractivity contribution >= 4 is 11.5 Å². The molecule has 4 heteroatoms. The molecule has 1 aromatic heterocycles. The average molecular weight is 305 g/mol. The fraction of sp³-hybridized carbons (Fsp3) is 0.158. The number of aromatic nitrogens is 2. The lowest BCUT2D eigenvalue weighted by atomic mass is 10.1. The van der Waals surface area contributed by atoms with Gasteiger partial charge in [-0.05, 0) is 26.0 Å². The van der Waals surface area contributed by atoms with Crippen LogP contribution in [0.3, 0.4) is 0 Å². The van der Waals surface area contributed by atoms with Crippen LogP contribution in [0.4, 0.5) is 11.5 Å². The molecule has 2 aromatic carbocycles. The molecule has 3 aromatic rings. The average Bonchev–Trinajstić information content (AvgIpc) is 2.55. The van der Waals surface area contributed by atoms with Gasteiger partial charge in [-0.2, -0.15) is 0 Å². The quantitative estimate of drug-likeness (QED) is 0.770. The Morgan fingerprint density at radius 1 is 0.913 bits per heavy atom. The van der Waals surface area contributed by atoms with E-state index >= 15 is 0 Å². The smallest absolute Gasteiger partial charge is 0.134 e. The van der Waals surface area contributed by atoms with Crippen LogP contribution in [0.2, 0.25) is 0 Å². The van der Waals surface area contributed by atoms with Crippen molar-refractivity contribution in [1.29, 1.82) is 0 Å². The number of rotatable bonds is 4. The lowest BCUT2D eigenvalue weighted by Crippen LogP contribution is -1.99. The van der Waals surface area contributed by atoms with Crippen LogP contribution >= 0.6 is 0 Å². The van der Waals surface area contributed by atoms with E-state index in [1.165, 1.54) is 5.56 Å². The Kier molecular flexibility index (Phi) is 4.24. The van der Waals surface area contributed by atoms with Gasteiger partial charge in [0.1, 0.15) is 17.4 Å². The number of benzene rings is 2. The van der Waals surface area contributed by atoms with Gasteiger partial charge in [-0.15, -0.1) is 0 Å². The molecule has 0 amide bonds. The monoisotopic (exact) mass is 305 g/mol. The molecule has 1 N–H and O–H groups in total. The van der Waals surface area contributed by atoms with Gasteiger partial charge < -0.3 is 10.1 Å². The molecule has 0 radical (unpaired) electrons. The fourth-order valence-corrected chi connectivity index (χ4v) is 2.35. The van der Waals surface area contributed by atoms with Crippen molar-refractivity contribution in [2.45, 2.75) is 13.8 Å². The minimum absolute atomic E-state index is 0.730. The van der Waals surface area contributed by atoms with Crippen molar-refractivity contribution in [1.82, 2.24) is 9.97 Å². The number of nitrogens with zero attached hydrogens (tertiary/aromatic N) is 2. The molecule has 1 heterocycles. The molecule has 0 aliphatic carbocycles. The van der Waals surface area contributed by atoms with E-state index < -0.39 is 0 Å². The highest BCUT2D eigenvalue weighted by Gasteiger charge is 2.05. The van der Waals surface area contributed by atoms with Crippen molar-refractivity contribution in [2.24, 2.45) is 0 Å². The van der Waals surface area contributed by atoms with E-state index in [1.54, 1.807) is 7.11 Å². The van der Waals surface area contributed by atoms with Crippen LogP contribution in [0, 0.1) is 13.8 Å². The standard InChI is InChI=1S/C19H19N3O/c1-13-7-9-15(10-8-13)18-12-19(21-14(2)20-18)22-16-5-4-6-17(11-16)23-3/h4-12H,1-3H3,(H,20,21,22).